The molecule has 1 fully saturated rings. The van der Waals surface area contributed by atoms with E-state index in [1.807, 2.05) is 12.3 Å². The molecule has 1 aliphatic carbocycles. The van der Waals surface area contributed by atoms with Crippen molar-refractivity contribution in [1.29, 1.82) is 0 Å². The van der Waals surface area contributed by atoms with Crippen LogP contribution in [0.2, 0.25) is 0 Å². The SMILES string of the molecule is C[C@@H]1CCC1n1cccc(N)c1=O. The van der Waals surface area contributed by atoms with Gasteiger partial charge in [-0.15, -0.1) is 0 Å². The summed E-state index contributed by atoms with van der Waals surface area (Å²) in [5, 5.41) is 0. The maximum absolute atomic E-state index is 11.6. The molecule has 0 amide bonds. The van der Waals surface area contributed by atoms with Crippen LogP contribution in [-0.2, 0) is 0 Å². The summed E-state index contributed by atoms with van der Waals surface area (Å²) in [6, 6.07) is 3.86. The lowest BCUT2D eigenvalue weighted by atomic mass is 9.81. The van der Waals surface area contributed by atoms with Gasteiger partial charge in [0.15, 0.2) is 0 Å². The summed E-state index contributed by atoms with van der Waals surface area (Å²) in [6.07, 6.45) is 4.15. The van der Waals surface area contributed by atoms with Gasteiger partial charge in [-0.2, -0.15) is 0 Å². The molecule has 0 aromatic carbocycles. The Bertz CT molecular complexity index is 369. The molecule has 1 aromatic heterocycles. The molecular weight excluding hydrogens is 164 g/mol. The van der Waals surface area contributed by atoms with Gasteiger partial charge >= 0.3 is 0 Å². The Morgan fingerprint density at radius 3 is 2.85 bits per heavy atom. The second-order valence-corrected chi connectivity index (χ2v) is 3.80. The Balaban J connectivity index is 2.40. The molecule has 1 aliphatic rings. The van der Waals surface area contributed by atoms with Crippen molar-refractivity contribution in [3.63, 3.8) is 0 Å². The quantitative estimate of drug-likeness (QED) is 0.706. The van der Waals surface area contributed by atoms with Gasteiger partial charge in [-0.1, -0.05) is 6.92 Å². The van der Waals surface area contributed by atoms with Crippen molar-refractivity contribution in [2.75, 3.05) is 5.73 Å². The summed E-state index contributed by atoms with van der Waals surface area (Å²) in [4.78, 5) is 11.6. The lowest BCUT2D eigenvalue weighted by Crippen LogP contribution is -2.34. The molecule has 3 nitrogen and oxygen atoms in total. The highest BCUT2D eigenvalue weighted by Crippen LogP contribution is 2.36. The summed E-state index contributed by atoms with van der Waals surface area (Å²) in [5.74, 6) is 0.611. The van der Waals surface area contributed by atoms with Crippen LogP contribution in [-0.4, -0.2) is 4.57 Å². The van der Waals surface area contributed by atoms with Crippen molar-refractivity contribution in [3.05, 3.63) is 28.7 Å². The first-order valence-electron chi connectivity index (χ1n) is 4.67. The van der Waals surface area contributed by atoms with E-state index in [0.29, 0.717) is 17.6 Å². The topological polar surface area (TPSA) is 48.0 Å². The lowest BCUT2D eigenvalue weighted by molar-refractivity contribution is 0.197. The van der Waals surface area contributed by atoms with Crippen LogP contribution in [0, 0.1) is 5.92 Å². The molecule has 0 bridgehead atoms. The number of hydrogen-bond donors (Lipinski definition) is 1. The third kappa shape index (κ3) is 1.24. The highest BCUT2D eigenvalue weighted by Gasteiger charge is 2.28. The van der Waals surface area contributed by atoms with Gasteiger partial charge in [0.05, 0.1) is 5.69 Å². The monoisotopic (exact) mass is 178 g/mol. The molecule has 13 heavy (non-hydrogen) atoms. The van der Waals surface area contributed by atoms with Crippen molar-refractivity contribution in [3.8, 4) is 0 Å². The maximum Gasteiger partial charge on any atom is 0.273 e. The minimum atomic E-state index is -0.0425. The van der Waals surface area contributed by atoms with Crippen LogP contribution in [0.15, 0.2) is 23.1 Å². The van der Waals surface area contributed by atoms with Gasteiger partial charge in [-0.25, -0.2) is 0 Å². The van der Waals surface area contributed by atoms with Gasteiger partial charge in [0.25, 0.3) is 5.56 Å². The van der Waals surface area contributed by atoms with E-state index in [9.17, 15) is 4.79 Å². The molecule has 1 aromatic rings. The standard InChI is InChI=1S/C10H14N2O/c1-7-4-5-9(7)12-6-2-3-8(11)10(12)13/h2-3,6-7,9H,4-5,11H2,1H3/t7-,9?/m1/s1. The summed E-state index contributed by atoms with van der Waals surface area (Å²) in [7, 11) is 0. The first-order valence-corrected chi connectivity index (χ1v) is 4.67. The fourth-order valence-corrected chi connectivity index (χ4v) is 1.85. The molecule has 2 atom stereocenters. The zero-order valence-corrected chi connectivity index (χ0v) is 7.73. The molecule has 70 valence electrons. The number of rotatable bonds is 1. The summed E-state index contributed by atoms with van der Waals surface area (Å²) in [5.41, 5.74) is 5.86. The third-order valence-corrected chi connectivity index (χ3v) is 2.94. The number of aromatic nitrogens is 1. The molecule has 0 saturated heterocycles. The largest absolute Gasteiger partial charge is 0.394 e. The molecule has 0 spiro atoms. The second kappa shape index (κ2) is 2.91. The first kappa shape index (κ1) is 8.35. The summed E-state index contributed by atoms with van der Waals surface area (Å²) >= 11 is 0. The van der Waals surface area contributed by atoms with Crippen LogP contribution in [0.1, 0.15) is 25.8 Å². The lowest BCUT2D eigenvalue weighted by Gasteiger charge is -2.35. The zero-order valence-electron chi connectivity index (χ0n) is 7.73. The molecule has 3 heteroatoms. The number of nitrogens with zero attached hydrogens (tertiary/aromatic N) is 1. The highest BCUT2D eigenvalue weighted by molar-refractivity contribution is 5.33. The Kier molecular flexibility index (Phi) is 1.87. The van der Waals surface area contributed by atoms with Gasteiger partial charge in [-0.05, 0) is 30.9 Å². The molecule has 2 rings (SSSR count). The van der Waals surface area contributed by atoms with Crippen LogP contribution >= 0.6 is 0 Å². The van der Waals surface area contributed by atoms with Crippen LogP contribution < -0.4 is 11.3 Å². The second-order valence-electron chi connectivity index (χ2n) is 3.80. The predicted molar refractivity (Wildman–Crippen MR) is 52.5 cm³/mol. The minimum Gasteiger partial charge on any atom is -0.394 e. The fourth-order valence-electron chi connectivity index (χ4n) is 1.85. The van der Waals surface area contributed by atoms with E-state index < -0.39 is 0 Å². The van der Waals surface area contributed by atoms with Crippen LogP contribution in [0.4, 0.5) is 5.69 Å². The number of nitrogens with two attached hydrogens (primary N) is 1. The smallest absolute Gasteiger partial charge is 0.273 e. The van der Waals surface area contributed by atoms with E-state index in [0.717, 1.165) is 6.42 Å². The molecule has 0 radical (unpaired) electrons. The van der Waals surface area contributed by atoms with E-state index in [1.165, 1.54) is 6.42 Å². The Morgan fingerprint density at radius 2 is 2.31 bits per heavy atom. The third-order valence-electron chi connectivity index (χ3n) is 2.94. The van der Waals surface area contributed by atoms with E-state index in [2.05, 4.69) is 6.92 Å². The number of nitrogen functional groups attached to an aromatic ring is 1. The number of anilines is 1. The average molecular weight is 178 g/mol. The Labute approximate surface area is 77.2 Å². The van der Waals surface area contributed by atoms with Crippen LogP contribution in [0.5, 0.6) is 0 Å². The molecule has 1 unspecified atom stereocenters. The van der Waals surface area contributed by atoms with E-state index in [1.54, 1.807) is 10.6 Å². The van der Waals surface area contributed by atoms with E-state index >= 15 is 0 Å². The number of pyridine rings is 1. The van der Waals surface area contributed by atoms with Gasteiger partial charge in [0, 0.05) is 12.2 Å². The van der Waals surface area contributed by atoms with Crippen molar-refractivity contribution >= 4 is 5.69 Å². The summed E-state index contributed by atoms with van der Waals surface area (Å²) in [6.45, 7) is 2.17. The van der Waals surface area contributed by atoms with Crippen LogP contribution in [0.25, 0.3) is 0 Å². The molecule has 1 heterocycles. The van der Waals surface area contributed by atoms with Crippen molar-refractivity contribution in [2.24, 2.45) is 5.92 Å². The van der Waals surface area contributed by atoms with Gasteiger partial charge < -0.3 is 10.3 Å². The maximum atomic E-state index is 11.6. The normalized spacial score (nSPS) is 26.8. The summed E-state index contributed by atoms with van der Waals surface area (Å²) < 4.78 is 1.77. The van der Waals surface area contributed by atoms with Gasteiger partial charge in [-0.3, -0.25) is 4.79 Å². The molecule has 2 N–H and O–H groups in total. The Hall–Kier alpha value is -1.25. The molecular formula is C10H14N2O. The van der Waals surface area contributed by atoms with Gasteiger partial charge in [0.1, 0.15) is 0 Å². The Morgan fingerprint density at radius 1 is 1.54 bits per heavy atom. The van der Waals surface area contributed by atoms with Crippen molar-refractivity contribution in [1.82, 2.24) is 4.57 Å². The first-order chi connectivity index (χ1) is 6.20. The molecule has 1 saturated carbocycles. The fraction of sp³-hybridized carbons (Fsp3) is 0.500. The zero-order chi connectivity index (χ0) is 9.42. The minimum absolute atomic E-state index is 0.0425. The predicted octanol–water partition coefficient (Wildman–Crippen LogP) is 1.40. The highest BCUT2D eigenvalue weighted by atomic mass is 16.1. The number of hydrogen-bond acceptors (Lipinski definition) is 2. The van der Waals surface area contributed by atoms with E-state index in [4.69, 9.17) is 5.73 Å². The van der Waals surface area contributed by atoms with E-state index in [-0.39, 0.29) is 5.56 Å². The molecule has 0 aliphatic heterocycles. The van der Waals surface area contributed by atoms with Crippen molar-refractivity contribution in [2.45, 2.75) is 25.8 Å². The van der Waals surface area contributed by atoms with Crippen LogP contribution in [0.3, 0.4) is 0 Å². The van der Waals surface area contributed by atoms with Crippen molar-refractivity contribution < 1.29 is 0 Å². The average Bonchev–Trinajstić information content (AvgIpc) is 2.10. The van der Waals surface area contributed by atoms with Gasteiger partial charge in [0.2, 0.25) is 0 Å².